The molecule has 124 valence electrons. The maximum absolute atomic E-state index is 12.2. The van der Waals surface area contributed by atoms with Gasteiger partial charge in [-0.3, -0.25) is 9.59 Å². The molecule has 1 N–H and O–H groups in total. The molecule has 0 fully saturated rings. The second-order valence-electron chi connectivity index (χ2n) is 5.40. The highest BCUT2D eigenvalue weighted by atomic mass is 16.5. The van der Waals surface area contributed by atoms with E-state index in [2.05, 4.69) is 5.32 Å². The standard InChI is InChI=1S/C21H17NO3/c23-14-17-10-4-7-13-20(17)25-15-21(24)22-19-12-6-5-11-18(19)16-8-2-1-3-9-16/h1-14H,15H2,(H,22,24). The monoisotopic (exact) mass is 331 g/mol. The van der Waals surface area contributed by atoms with Crippen molar-refractivity contribution in [3.63, 3.8) is 0 Å². The molecule has 0 saturated carbocycles. The minimum Gasteiger partial charge on any atom is -0.483 e. The van der Waals surface area contributed by atoms with Crippen molar-refractivity contribution >= 4 is 17.9 Å². The summed E-state index contributed by atoms with van der Waals surface area (Å²) in [7, 11) is 0. The van der Waals surface area contributed by atoms with Gasteiger partial charge in [-0.2, -0.15) is 0 Å². The van der Waals surface area contributed by atoms with Crippen LogP contribution >= 0.6 is 0 Å². The van der Waals surface area contributed by atoms with E-state index in [0.29, 0.717) is 23.3 Å². The van der Waals surface area contributed by atoms with Gasteiger partial charge < -0.3 is 10.1 Å². The topological polar surface area (TPSA) is 55.4 Å². The van der Waals surface area contributed by atoms with E-state index in [9.17, 15) is 9.59 Å². The maximum atomic E-state index is 12.2. The Kier molecular flexibility index (Phi) is 5.22. The zero-order valence-corrected chi connectivity index (χ0v) is 13.5. The summed E-state index contributed by atoms with van der Waals surface area (Å²) in [6.45, 7) is -0.173. The third-order valence-corrected chi connectivity index (χ3v) is 3.69. The minimum absolute atomic E-state index is 0.173. The number of carbonyl (C=O) groups is 2. The average Bonchev–Trinajstić information content (AvgIpc) is 2.67. The summed E-state index contributed by atoms with van der Waals surface area (Å²) in [5.41, 5.74) is 3.08. The van der Waals surface area contributed by atoms with Gasteiger partial charge in [-0.15, -0.1) is 0 Å². The number of rotatable bonds is 6. The van der Waals surface area contributed by atoms with Gasteiger partial charge in [-0.05, 0) is 23.8 Å². The van der Waals surface area contributed by atoms with Crippen molar-refractivity contribution in [1.82, 2.24) is 0 Å². The van der Waals surface area contributed by atoms with Gasteiger partial charge in [0.1, 0.15) is 5.75 Å². The first-order chi connectivity index (χ1) is 12.3. The Morgan fingerprint density at radius 3 is 2.36 bits per heavy atom. The Bertz CT molecular complexity index is 875. The average molecular weight is 331 g/mol. The third kappa shape index (κ3) is 4.12. The van der Waals surface area contributed by atoms with E-state index >= 15 is 0 Å². The van der Waals surface area contributed by atoms with Crippen LogP contribution in [0, 0.1) is 0 Å². The molecule has 0 spiro atoms. The molecule has 25 heavy (non-hydrogen) atoms. The molecule has 4 heteroatoms. The molecule has 3 aromatic rings. The van der Waals surface area contributed by atoms with Crippen LogP contribution < -0.4 is 10.1 Å². The number of ether oxygens (including phenoxy) is 1. The number of aldehydes is 1. The summed E-state index contributed by atoms with van der Waals surface area (Å²) < 4.78 is 5.46. The lowest BCUT2D eigenvalue weighted by atomic mass is 10.0. The van der Waals surface area contributed by atoms with E-state index in [-0.39, 0.29) is 12.5 Å². The molecule has 0 aromatic heterocycles. The number of hydrogen-bond acceptors (Lipinski definition) is 3. The molecule has 1 amide bonds. The summed E-state index contributed by atoms with van der Waals surface area (Å²) in [6.07, 6.45) is 0.706. The van der Waals surface area contributed by atoms with Crippen LogP contribution in [0.25, 0.3) is 11.1 Å². The Labute approximate surface area is 146 Å². The highest BCUT2D eigenvalue weighted by Gasteiger charge is 2.10. The molecule has 0 unspecified atom stereocenters. The Balaban J connectivity index is 1.71. The molecular formula is C21H17NO3. The molecule has 0 atom stereocenters. The molecule has 0 saturated heterocycles. The molecule has 0 aliphatic carbocycles. The van der Waals surface area contributed by atoms with Crippen molar-refractivity contribution in [3.05, 3.63) is 84.4 Å². The van der Waals surface area contributed by atoms with E-state index < -0.39 is 0 Å². The fraction of sp³-hybridized carbons (Fsp3) is 0.0476. The van der Waals surface area contributed by atoms with Crippen LogP contribution in [0.5, 0.6) is 5.75 Å². The van der Waals surface area contributed by atoms with Crippen LogP contribution in [-0.2, 0) is 4.79 Å². The first kappa shape index (κ1) is 16.5. The maximum Gasteiger partial charge on any atom is 0.262 e. The number of para-hydroxylation sites is 2. The molecule has 3 rings (SSSR count). The predicted octanol–water partition coefficient (Wildman–Crippen LogP) is 4.18. The Morgan fingerprint density at radius 1 is 0.880 bits per heavy atom. The molecule has 3 aromatic carbocycles. The van der Waals surface area contributed by atoms with Gasteiger partial charge in [0, 0.05) is 11.3 Å². The zero-order chi connectivity index (χ0) is 17.5. The van der Waals surface area contributed by atoms with Crippen molar-refractivity contribution < 1.29 is 14.3 Å². The molecule has 0 aliphatic rings. The van der Waals surface area contributed by atoms with E-state index in [1.165, 1.54) is 0 Å². The lowest BCUT2D eigenvalue weighted by Crippen LogP contribution is -2.20. The van der Waals surface area contributed by atoms with E-state index in [4.69, 9.17) is 4.74 Å². The first-order valence-electron chi connectivity index (χ1n) is 7.89. The highest BCUT2D eigenvalue weighted by Crippen LogP contribution is 2.27. The van der Waals surface area contributed by atoms with Crippen LogP contribution in [0.15, 0.2) is 78.9 Å². The van der Waals surface area contributed by atoms with E-state index in [1.807, 2.05) is 54.6 Å². The van der Waals surface area contributed by atoms with Crippen molar-refractivity contribution in [2.24, 2.45) is 0 Å². The summed E-state index contributed by atoms with van der Waals surface area (Å²) in [5.74, 6) is 0.105. The second-order valence-corrected chi connectivity index (χ2v) is 5.40. The van der Waals surface area contributed by atoms with Gasteiger partial charge in [0.15, 0.2) is 12.9 Å². The highest BCUT2D eigenvalue weighted by molar-refractivity contribution is 5.96. The lowest BCUT2D eigenvalue weighted by molar-refractivity contribution is -0.118. The Hall–Kier alpha value is -3.40. The quantitative estimate of drug-likeness (QED) is 0.689. The zero-order valence-electron chi connectivity index (χ0n) is 13.5. The van der Waals surface area contributed by atoms with Crippen LogP contribution in [0.2, 0.25) is 0 Å². The van der Waals surface area contributed by atoms with Crippen LogP contribution in [0.1, 0.15) is 10.4 Å². The van der Waals surface area contributed by atoms with Crippen molar-refractivity contribution in [2.45, 2.75) is 0 Å². The van der Waals surface area contributed by atoms with Gasteiger partial charge in [0.05, 0.1) is 5.56 Å². The van der Waals surface area contributed by atoms with Crippen LogP contribution in [0.4, 0.5) is 5.69 Å². The largest absolute Gasteiger partial charge is 0.483 e. The normalized spacial score (nSPS) is 10.1. The van der Waals surface area contributed by atoms with E-state index in [1.54, 1.807) is 24.3 Å². The molecule has 0 heterocycles. The number of nitrogens with one attached hydrogen (secondary N) is 1. The predicted molar refractivity (Wildman–Crippen MR) is 97.8 cm³/mol. The summed E-state index contributed by atoms with van der Waals surface area (Å²) >= 11 is 0. The molecule has 0 bridgehead atoms. The fourth-order valence-electron chi connectivity index (χ4n) is 2.50. The van der Waals surface area contributed by atoms with Gasteiger partial charge in [-0.25, -0.2) is 0 Å². The molecule has 4 nitrogen and oxygen atoms in total. The SMILES string of the molecule is O=Cc1ccccc1OCC(=O)Nc1ccccc1-c1ccccc1. The summed E-state index contributed by atoms with van der Waals surface area (Å²) in [6, 6.07) is 24.2. The van der Waals surface area contributed by atoms with E-state index in [0.717, 1.165) is 11.1 Å². The van der Waals surface area contributed by atoms with Crippen molar-refractivity contribution in [1.29, 1.82) is 0 Å². The number of amides is 1. The van der Waals surface area contributed by atoms with Gasteiger partial charge >= 0.3 is 0 Å². The number of benzene rings is 3. The summed E-state index contributed by atoms with van der Waals surface area (Å²) in [4.78, 5) is 23.2. The summed E-state index contributed by atoms with van der Waals surface area (Å²) in [5, 5.41) is 2.86. The van der Waals surface area contributed by atoms with Gasteiger partial charge in [0.2, 0.25) is 0 Å². The lowest BCUT2D eigenvalue weighted by Gasteiger charge is -2.12. The fourth-order valence-corrected chi connectivity index (χ4v) is 2.50. The number of hydrogen-bond donors (Lipinski definition) is 1. The van der Waals surface area contributed by atoms with Crippen LogP contribution in [0.3, 0.4) is 0 Å². The van der Waals surface area contributed by atoms with Gasteiger partial charge in [-0.1, -0.05) is 60.7 Å². The van der Waals surface area contributed by atoms with Crippen LogP contribution in [-0.4, -0.2) is 18.8 Å². The first-order valence-corrected chi connectivity index (χ1v) is 7.89. The third-order valence-electron chi connectivity index (χ3n) is 3.69. The van der Waals surface area contributed by atoms with Crippen molar-refractivity contribution in [2.75, 3.05) is 11.9 Å². The number of carbonyl (C=O) groups excluding carboxylic acids is 2. The Morgan fingerprint density at radius 2 is 1.56 bits per heavy atom. The minimum atomic E-state index is -0.288. The molecule has 0 aliphatic heterocycles. The second kappa shape index (κ2) is 7.93. The van der Waals surface area contributed by atoms with Crippen molar-refractivity contribution in [3.8, 4) is 16.9 Å². The molecule has 0 radical (unpaired) electrons. The smallest absolute Gasteiger partial charge is 0.262 e. The van der Waals surface area contributed by atoms with Gasteiger partial charge in [0.25, 0.3) is 5.91 Å². The number of anilines is 1. The molecular weight excluding hydrogens is 314 g/mol.